The Labute approximate surface area is 591 Å². The quantitative estimate of drug-likeness (QED) is 0.0449. The fraction of sp³-hybridized carbons (Fsp3) is 0.529. The predicted molar refractivity (Wildman–Crippen MR) is 427 cm³/mol. The highest BCUT2D eigenvalue weighted by Gasteiger charge is 2.45. The summed E-state index contributed by atoms with van der Waals surface area (Å²) in [5, 5.41) is 8.30. The van der Waals surface area contributed by atoms with Gasteiger partial charge in [0.05, 0.1) is 0 Å². The van der Waals surface area contributed by atoms with E-state index in [0.29, 0.717) is 0 Å². The van der Waals surface area contributed by atoms with E-state index in [-0.39, 0.29) is 46.6 Å². The Kier molecular flexibility index (Phi) is 23.2. The molecule has 0 atom stereocenters. The smallest absolute Gasteiger partial charge is 0.250 e. The second kappa shape index (κ2) is 29.3. The minimum atomic E-state index is -2.33. The third-order valence-corrected chi connectivity index (χ3v) is 40.2. The maximum Gasteiger partial charge on any atom is 0.250 e. The number of hydrogen-bond acceptors (Lipinski definition) is 8. The van der Waals surface area contributed by atoms with Crippen LogP contribution in [0.5, 0.6) is 46.0 Å². The highest BCUT2D eigenvalue weighted by atomic mass is 28.4. The highest BCUT2D eigenvalue weighted by molar-refractivity contribution is 6.76. The van der Waals surface area contributed by atoms with Crippen LogP contribution < -0.4 is 36.7 Å². The Balaban J connectivity index is 1.46. The number of ether oxygens (including phenoxy) is 4. The zero-order valence-electron chi connectivity index (χ0n) is 65.5. The molecular weight excluding hydrogens is 1260 g/mol. The van der Waals surface area contributed by atoms with E-state index < -0.39 is 38.7 Å². The van der Waals surface area contributed by atoms with Crippen molar-refractivity contribution in [3.8, 4) is 46.0 Å². The van der Waals surface area contributed by atoms with Gasteiger partial charge in [-0.25, -0.2) is 0 Å². The maximum atomic E-state index is 7.92. The molecule has 8 nitrogen and oxygen atoms in total. The molecule has 0 aliphatic rings. The maximum absolute atomic E-state index is 7.92. The topological polar surface area (TPSA) is 73.8 Å². The first-order chi connectivity index (χ1) is 45.3. The SMILES string of the molecule is CCc1c(CC)c(O[Si](C)(C)C(C)(C)C)c2ccccc2c1OCC(COc1c(CC)c(CC)c(O[Si](C)(C)C(C)(C)C)c2ccccc12)(COc1c(CC)c(CC)c(O[Si](C)(C)C(C)(C)C)c2ccccc12)COc1c(CC)c(CC)c(O[Si](C)(C)C(C)(C)C)c2ccccc12. The minimum absolute atomic E-state index is 0.0168. The first-order valence-corrected chi connectivity index (χ1v) is 48.4. The van der Waals surface area contributed by atoms with Gasteiger partial charge in [0.25, 0.3) is 33.3 Å². The molecule has 0 spiro atoms. The largest absolute Gasteiger partial charge is 0.543 e. The summed E-state index contributed by atoms with van der Waals surface area (Å²) >= 11 is 0. The average molecular weight is 1390 g/mol. The van der Waals surface area contributed by atoms with Crippen molar-refractivity contribution in [3.63, 3.8) is 0 Å². The van der Waals surface area contributed by atoms with Gasteiger partial charge in [-0.3, -0.25) is 0 Å². The molecule has 0 radical (unpaired) electrons. The fourth-order valence-corrected chi connectivity index (χ4v) is 17.0. The normalized spacial score (nSPS) is 13.2. The van der Waals surface area contributed by atoms with Gasteiger partial charge in [0.2, 0.25) is 0 Å². The molecule has 0 aromatic heterocycles. The molecule has 8 aromatic rings. The van der Waals surface area contributed by atoms with Gasteiger partial charge in [-0.2, -0.15) is 0 Å². The van der Waals surface area contributed by atoms with E-state index in [1.165, 1.54) is 22.3 Å². The van der Waals surface area contributed by atoms with Gasteiger partial charge < -0.3 is 36.7 Å². The molecule has 0 saturated heterocycles. The molecule has 97 heavy (non-hydrogen) atoms. The van der Waals surface area contributed by atoms with Crippen LogP contribution in [-0.4, -0.2) is 59.7 Å². The van der Waals surface area contributed by atoms with E-state index in [0.717, 1.165) is 163 Å². The third-order valence-electron chi connectivity index (χ3n) is 22.9. The van der Waals surface area contributed by atoms with Crippen molar-refractivity contribution in [3.05, 3.63) is 142 Å². The van der Waals surface area contributed by atoms with Crippen molar-refractivity contribution in [1.29, 1.82) is 0 Å². The molecule has 0 aliphatic carbocycles. The molecular formula is C85H124O8Si4. The Morgan fingerprint density at radius 2 is 0.361 bits per heavy atom. The summed E-state index contributed by atoms with van der Waals surface area (Å²) in [6.45, 7) is 65.6. The molecule has 12 heteroatoms. The van der Waals surface area contributed by atoms with Crippen LogP contribution in [0.25, 0.3) is 43.1 Å². The van der Waals surface area contributed by atoms with Crippen LogP contribution in [-0.2, 0) is 51.4 Å². The van der Waals surface area contributed by atoms with E-state index in [2.05, 4.69) is 288 Å². The summed E-state index contributed by atoms with van der Waals surface area (Å²) in [4.78, 5) is 0. The van der Waals surface area contributed by atoms with Crippen molar-refractivity contribution in [2.45, 2.75) is 262 Å². The van der Waals surface area contributed by atoms with Crippen molar-refractivity contribution in [1.82, 2.24) is 0 Å². The van der Waals surface area contributed by atoms with Gasteiger partial charge >= 0.3 is 0 Å². The monoisotopic (exact) mass is 1380 g/mol. The molecule has 8 aromatic carbocycles. The number of fused-ring (bicyclic) bond motifs is 4. The third kappa shape index (κ3) is 15.2. The van der Waals surface area contributed by atoms with E-state index in [4.69, 9.17) is 36.7 Å². The van der Waals surface area contributed by atoms with Gasteiger partial charge in [-0.15, -0.1) is 0 Å². The van der Waals surface area contributed by atoms with Gasteiger partial charge in [0.15, 0.2) is 0 Å². The van der Waals surface area contributed by atoms with Crippen molar-refractivity contribution >= 4 is 76.4 Å². The van der Waals surface area contributed by atoms with Crippen molar-refractivity contribution < 1.29 is 36.7 Å². The lowest BCUT2D eigenvalue weighted by Crippen LogP contribution is -2.46. The number of hydrogen-bond donors (Lipinski definition) is 0. The summed E-state index contributed by atoms with van der Waals surface area (Å²) in [6.07, 6.45) is 6.08. The molecule has 0 N–H and O–H groups in total. The summed E-state index contributed by atoms with van der Waals surface area (Å²) < 4.78 is 61.7. The zero-order valence-corrected chi connectivity index (χ0v) is 69.5. The second-order valence-electron chi connectivity index (χ2n) is 33.6. The van der Waals surface area contributed by atoms with Crippen molar-refractivity contribution in [2.24, 2.45) is 5.41 Å². The molecule has 0 amide bonds. The summed E-state index contributed by atoms with van der Waals surface area (Å²) in [5.41, 5.74) is 8.38. The van der Waals surface area contributed by atoms with Crippen LogP contribution in [0.3, 0.4) is 0 Å². The molecule has 0 heterocycles. The van der Waals surface area contributed by atoms with Crippen LogP contribution in [0, 0.1) is 5.41 Å². The van der Waals surface area contributed by atoms with Crippen LogP contribution in [0.15, 0.2) is 97.1 Å². The molecule has 0 unspecified atom stereocenters. The van der Waals surface area contributed by atoms with Crippen molar-refractivity contribution in [2.75, 3.05) is 26.4 Å². The van der Waals surface area contributed by atoms with Crippen LogP contribution >= 0.6 is 0 Å². The fourth-order valence-electron chi connectivity index (χ4n) is 12.8. The number of rotatable bonds is 28. The lowest BCUT2D eigenvalue weighted by Gasteiger charge is -2.39. The van der Waals surface area contributed by atoms with Crippen LogP contribution in [0.1, 0.15) is 183 Å². The molecule has 8 rings (SSSR count). The summed E-state index contributed by atoms with van der Waals surface area (Å²) in [7, 11) is -9.30. The molecule has 0 fully saturated rings. The molecule has 0 bridgehead atoms. The lowest BCUT2D eigenvalue weighted by molar-refractivity contribution is -0.00293. The standard InChI is InChI=1S/C85H124O8Si4/c1-29-57-61(33-5)77(90-94(21,22)81(9,10)11)69-49-41-37-45-65(69)73(57)86-53-85(54-87-74-58(30-2)62(34-6)78(70-50-42-38-46-66(70)74)91-95(23,24)82(12,13)14,55-88-75-59(31-3)63(35-7)79(71-51-43-39-47-67(71)75)92-96(25,26)83(15,16)17)56-89-76-60(32-4)64(36-8)80(72-52-44-40-48-68(72)76)93-97(27,28)84(18,19)20/h37-52H,29-36,53-56H2,1-28H3. The number of benzene rings is 8. The lowest BCUT2D eigenvalue weighted by atomic mass is 9.89. The molecule has 0 aliphatic heterocycles. The minimum Gasteiger partial charge on any atom is -0.543 e. The second-order valence-corrected chi connectivity index (χ2v) is 52.5. The highest BCUT2D eigenvalue weighted by Crippen LogP contribution is 2.52. The Hall–Kier alpha value is -5.93. The average Bonchev–Trinajstić information content (AvgIpc) is 0.768. The first-order valence-electron chi connectivity index (χ1n) is 36.8. The Morgan fingerprint density at radius 1 is 0.227 bits per heavy atom. The van der Waals surface area contributed by atoms with E-state index in [1.54, 1.807) is 0 Å². The summed E-state index contributed by atoms with van der Waals surface area (Å²) in [6, 6.07) is 35.0. The summed E-state index contributed by atoms with van der Waals surface area (Å²) in [5.74, 6) is 7.40. The Bertz CT molecular complexity index is 3580. The van der Waals surface area contributed by atoms with E-state index in [9.17, 15) is 0 Å². The van der Waals surface area contributed by atoms with Gasteiger partial charge in [-0.05, 0) is 146 Å². The zero-order chi connectivity index (χ0) is 71.8. The van der Waals surface area contributed by atoms with Crippen LogP contribution in [0.4, 0.5) is 0 Å². The van der Waals surface area contributed by atoms with Gasteiger partial charge in [0, 0.05) is 65.3 Å². The van der Waals surface area contributed by atoms with Crippen LogP contribution in [0.2, 0.25) is 72.5 Å². The van der Waals surface area contributed by atoms with E-state index >= 15 is 0 Å². The van der Waals surface area contributed by atoms with Gasteiger partial charge in [0.1, 0.15) is 77.8 Å². The molecule has 0 saturated carbocycles. The first kappa shape index (κ1) is 76.8. The molecule has 528 valence electrons. The van der Waals surface area contributed by atoms with Gasteiger partial charge in [-0.1, -0.05) is 236 Å². The predicted octanol–water partition coefficient (Wildman–Crippen LogP) is 24.9. The Morgan fingerprint density at radius 3 is 0.495 bits per heavy atom. The van der Waals surface area contributed by atoms with E-state index in [1.807, 2.05) is 0 Å².